The zero-order valence-electron chi connectivity index (χ0n) is 14.7. The third kappa shape index (κ3) is 9.28. The van der Waals surface area contributed by atoms with E-state index in [1.165, 1.54) is 51.7 Å². The van der Waals surface area contributed by atoms with E-state index in [0.717, 1.165) is 18.5 Å². The molecule has 0 spiro atoms. The Morgan fingerprint density at radius 1 is 1.04 bits per heavy atom. The van der Waals surface area contributed by atoms with Gasteiger partial charge in [-0.15, -0.1) is 0 Å². The summed E-state index contributed by atoms with van der Waals surface area (Å²) in [6.45, 7) is 3.86. The van der Waals surface area contributed by atoms with Crippen LogP contribution in [0.3, 0.4) is 0 Å². The average Bonchev–Trinajstić information content (AvgIpc) is 2.53. The summed E-state index contributed by atoms with van der Waals surface area (Å²) in [6.07, 6.45) is 8.98. The van der Waals surface area contributed by atoms with Crippen molar-refractivity contribution < 1.29 is 23.6 Å². The lowest BCUT2D eigenvalue weighted by atomic mass is 10.1. The van der Waals surface area contributed by atoms with Crippen molar-refractivity contribution in [2.75, 3.05) is 13.7 Å². The van der Waals surface area contributed by atoms with Crippen molar-refractivity contribution in [3.63, 3.8) is 0 Å². The SMILES string of the molecule is CCCCCCCCCNCc1ccc(OP(=O)(O)O)c(OC)c1. The highest BCUT2D eigenvalue weighted by atomic mass is 31.2. The Balaban J connectivity index is 2.29. The van der Waals surface area contributed by atoms with E-state index in [9.17, 15) is 4.57 Å². The van der Waals surface area contributed by atoms with Gasteiger partial charge in [0.15, 0.2) is 11.5 Å². The second-order valence-corrected chi connectivity index (χ2v) is 7.03. The quantitative estimate of drug-likeness (QED) is 0.364. The Labute approximate surface area is 144 Å². The number of rotatable bonds is 13. The molecule has 0 aliphatic heterocycles. The van der Waals surface area contributed by atoms with Gasteiger partial charge in [0.2, 0.25) is 0 Å². The Bertz CT molecular complexity index is 518. The Kier molecular flexibility index (Phi) is 10.0. The van der Waals surface area contributed by atoms with Crippen LogP contribution < -0.4 is 14.6 Å². The van der Waals surface area contributed by atoms with Gasteiger partial charge in [0, 0.05) is 6.54 Å². The second-order valence-electron chi connectivity index (χ2n) is 5.87. The van der Waals surface area contributed by atoms with Crippen molar-refractivity contribution in [3.8, 4) is 11.5 Å². The molecule has 0 saturated carbocycles. The van der Waals surface area contributed by atoms with Gasteiger partial charge in [-0.2, -0.15) is 0 Å². The molecule has 0 aromatic heterocycles. The number of unbranched alkanes of at least 4 members (excludes halogenated alkanes) is 6. The first-order valence-electron chi connectivity index (χ1n) is 8.59. The summed E-state index contributed by atoms with van der Waals surface area (Å²) in [6, 6.07) is 5.01. The lowest BCUT2D eigenvalue weighted by molar-refractivity contribution is 0.276. The van der Waals surface area contributed by atoms with Crippen molar-refractivity contribution in [1.29, 1.82) is 0 Å². The van der Waals surface area contributed by atoms with E-state index in [2.05, 4.69) is 16.8 Å². The van der Waals surface area contributed by atoms with E-state index < -0.39 is 7.82 Å². The monoisotopic (exact) mass is 359 g/mol. The lowest BCUT2D eigenvalue weighted by Crippen LogP contribution is -2.14. The van der Waals surface area contributed by atoms with Gasteiger partial charge in [-0.3, -0.25) is 9.79 Å². The molecule has 0 unspecified atom stereocenters. The zero-order valence-corrected chi connectivity index (χ0v) is 15.6. The number of phosphoric acid groups is 1. The molecule has 0 heterocycles. The summed E-state index contributed by atoms with van der Waals surface area (Å²) in [7, 11) is -3.14. The molecule has 3 N–H and O–H groups in total. The molecule has 6 nitrogen and oxygen atoms in total. The smallest absolute Gasteiger partial charge is 0.493 e. The van der Waals surface area contributed by atoms with Crippen molar-refractivity contribution in [2.45, 2.75) is 58.4 Å². The van der Waals surface area contributed by atoms with Crippen molar-refractivity contribution in [1.82, 2.24) is 5.32 Å². The fourth-order valence-electron chi connectivity index (χ4n) is 2.47. The number of benzene rings is 1. The molecule has 0 saturated heterocycles. The summed E-state index contributed by atoms with van der Waals surface area (Å²) in [5.41, 5.74) is 0.979. The molecule has 1 rings (SSSR count). The molecule has 0 atom stereocenters. The number of phosphoric ester groups is 1. The first-order valence-corrected chi connectivity index (χ1v) is 10.1. The van der Waals surface area contributed by atoms with Gasteiger partial charge in [-0.1, -0.05) is 51.5 Å². The minimum Gasteiger partial charge on any atom is -0.493 e. The topological polar surface area (TPSA) is 88.0 Å². The van der Waals surface area contributed by atoms with Gasteiger partial charge in [0.1, 0.15) is 0 Å². The fourth-order valence-corrected chi connectivity index (χ4v) is 2.87. The summed E-state index contributed by atoms with van der Waals surface area (Å²) >= 11 is 0. The number of methoxy groups -OCH3 is 1. The van der Waals surface area contributed by atoms with Gasteiger partial charge < -0.3 is 14.6 Å². The third-order valence-corrected chi connectivity index (χ3v) is 4.17. The van der Waals surface area contributed by atoms with Crippen LogP contribution in [0.1, 0.15) is 57.4 Å². The number of hydrogen-bond donors (Lipinski definition) is 3. The lowest BCUT2D eigenvalue weighted by Gasteiger charge is -2.12. The van der Waals surface area contributed by atoms with Gasteiger partial charge in [-0.25, -0.2) is 4.57 Å². The van der Waals surface area contributed by atoms with Crippen LogP contribution in [0, 0.1) is 0 Å². The van der Waals surface area contributed by atoms with Crippen LogP contribution >= 0.6 is 7.82 Å². The number of nitrogens with one attached hydrogen (secondary N) is 1. The van der Waals surface area contributed by atoms with E-state index in [1.807, 2.05) is 0 Å². The van der Waals surface area contributed by atoms with E-state index in [1.54, 1.807) is 12.1 Å². The van der Waals surface area contributed by atoms with Crippen LogP contribution in [-0.4, -0.2) is 23.4 Å². The summed E-state index contributed by atoms with van der Waals surface area (Å²) in [5, 5.41) is 3.37. The maximum atomic E-state index is 10.9. The second kappa shape index (κ2) is 11.5. The largest absolute Gasteiger partial charge is 0.524 e. The molecule has 0 fully saturated rings. The summed E-state index contributed by atoms with van der Waals surface area (Å²) in [4.78, 5) is 17.7. The summed E-state index contributed by atoms with van der Waals surface area (Å²) in [5.74, 6) is 0.357. The molecular weight excluding hydrogens is 329 g/mol. The van der Waals surface area contributed by atoms with Crippen molar-refractivity contribution in [2.24, 2.45) is 0 Å². The molecule has 1 aromatic rings. The van der Waals surface area contributed by atoms with Crippen LogP contribution in [0.5, 0.6) is 11.5 Å². The van der Waals surface area contributed by atoms with E-state index in [0.29, 0.717) is 12.3 Å². The molecule has 0 aliphatic rings. The highest BCUT2D eigenvalue weighted by molar-refractivity contribution is 7.46. The van der Waals surface area contributed by atoms with E-state index >= 15 is 0 Å². The van der Waals surface area contributed by atoms with Gasteiger partial charge in [-0.05, 0) is 30.7 Å². The average molecular weight is 359 g/mol. The first kappa shape index (κ1) is 21.0. The molecule has 24 heavy (non-hydrogen) atoms. The Hall–Kier alpha value is -1.07. The minimum atomic E-state index is -4.58. The van der Waals surface area contributed by atoms with Crippen molar-refractivity contribution >= 4 is 7.82 Å². The highest BCUT2D eigenvalue weighted by Crippen LogP contribution is 2.42. The third-order valence-electron chi connectivity index (χ3n) is 3.73. The number of hydrogen-bond acceptors (Lipinski definition) is 4. The van der Waals surface area contributed by atoms with Crippen LogP contribution in [0.4, 0.5) is 0 Å². The maximum Gasteiger partial charge on any atom is 0.524 e. The number of ether oxygens (including phenoxy) is 1. The zero-order chi connectivity index (χ0) is 17.8. The molecule has 0 bridgehead atoms. The predicted octanol–water partition coefficient (Wildman–Crippen LogP) is 4.01. The fraction of sp³-hybridized carbons (Fsp3) is 0.647. The first-order chi connectivity index (χ1) is 11.5. The molecule has 0 amide bonds. The molecule has 7 heteroatoms. The van der Waals surface area contributed by atoms with E-state index in [4.69, 9.17) is 14.5 Å². The molecular formula is C17H30NO5P. The van der Waals surface area contributed by atoms with E-state index in [-0.39, 0.29) is 5.75 Å². The highest BCUT2D eigenvalue weighted by Gasteiger charge is 2.19. The standard InChI is InChI=1S/C17H30NO5P/c1-3-4-5-6-7-8-9-12-18-14-15-10-11-16(17(13-15)22-2)23-24(19,20)21/h10-11,13,18H,3-9,12,14H2,1-2H3,(H2,19,20,21). The molecule has 1 aromatic carbocycles. The van der Waals surface area contributed by atoms with Gasteiger partial charge in [0.05, 0.1) is 7.11 Å². The Morgan fingerprint density at radius 2 is 1.71 bits per heavy atom. The summed E-state index contributed by atoms with van der Waals surface area (Å²) < 4.78 is 20.6. The molecule has 0 aliphatic carbocycles. The molecule has 138 valence electrons. The predicted molar refractivity (Wildman–Crippen MR) is 95.4 cm³/mol. The van der Waals surface area contributed by atoms with Gasteiger partial charge in [0.25, 0.3) is 0 Å². The Morgan fingerprint density at radius 3 is 2.33 bits per heavy atom. The van der Waals surface area contributed by atoms with Crippen LogP contribution in [-0.2, 0) is 11.1 Å². The van der Waals surface area contributed by atoms with Gasteiger partial charge >= 0.3 is 7.82 Å². The molecule has 0 radical (unpaired) electrons. The minimum absolute atomic E-state index is 0.0432. The van der Waals surface area contributed by atoms with Crippen molar-refractivity contribution in [3.05, 3.63) is 23.8 Å². The van der Waals surface area contributed by atoms with Crippen LogP contribution in [0.15, 0.2) is 18.2 Å². The maximum absolute atomic E-state index is 10.9. The normalized spacial score (nSPS) is 11.5. The van der Waals surface area contributed by atoms with Crippen LogP contribution in [0.2, 0.25) is 0 Å². The van der Waals surface area contributed by atoms with Crippen LogP contribution in [0.25, 0.3) is 0 Å².